The number of carbonyl (C=O) groups excluding carboxylic acids is 1. The summed E-state index contributed by atoms with van der Waals surface area (Å²) in [5.41, 5.74) is 3.13. The van der Waals surface area contributed by atoms with Crippen LogP contribution in [0.2, 0.25) is 0 Å². The lowest BCUT2D eigenvalue weighted by Gasteiger charge is -2.18. The molecule has 2 heterocycles. The molecule has 3 aromatic rings. The summed E-state index contributed by atoms with van der Waals surface area (Å²) in [5, 5.41) is 10.3. The smallest absolute Gasteiger partial charge is 0.253 e. The summed E-state index contributed by atoms with van der Waals surface area (Å²) < 4.78 is 5.42. The van der Waals surface area contributed by atoms with Crippen molar-refractivity contribution in [2.75, 3.05) is 11.9 Å². The Morgan fingerprint density at radius 3 is 2.73 bits per heavy atom. The van der Waals surface area contributed by atoms with Crippen LogP contribution in [-0.4, -0.2) is 22.6 Å². The summed E-state index contributed by atoms with van der Waals surface area (Å²) in [6, 6.07) is 17.9. The van der Waals surface area contributed by atoms with E-state index in [1.54, 1.807) is 6.92 Å². The number of amides is 1. The highest BCUT2D eigenvalue weighted by molar-refractivity contribution is 5.79. The highest BCUT2D eigenvalue weighted by Gasteiger charge is 2.24. The zero-order valence-electron chi connectivity index (χ0n) is 14.5. The van der Waals surface area contributed by atoms with E-state index in [1.165, 1.54) is 0 Å². The molecule has 6 nitrogen and oxygen atoms in total. The fourth-order valence-electron chi connectivity index (χ4n) is 3.25. The Kier molecular flexibility index (Phi) is 4.39. The number of carbonyl (C=O) groups is 1. The summed E-state index contributed by atoms with van der Waals surface area (Å²) in [6.45, 7) is 2.49. The molecule has 0 radical (unpaired) electrons. The first kappa shape index (κ1) is 16.3. The van der Waals surface area contributed by atoms with E-state index in [2.05, 4.69) is 32.9 Å². The van der Waals surface area contributed by atoms with Gasteiger partial charge in [0.15, 0.2) is 5.82 Å². The molecule has 6 heteroatoms. The van der Waals surface area contributed by atoms with E-state index < -0.39 is 0 Å². The third-order valence-corrected chi connectivity index (χ3v) is 4.57. The van der Waals surface area contributed by atoms with Crippen LogP contribution in [0.5, 0.6) is 0 Å². The molecule has 0 bridgehead atoms. The average molecular weight is 348 g/mol. The number of nitrogens with one attached hydrogen (secondary N) is 2. The van der Waals surface area contributed by atoms with Crippen molar-refractivity contribution in [1.29, 1.82) is 0 Å². The zero-order chi connectivity index (χ0) is 17.9. The Morgan fingerprint density at radius 1 is 1.19 bits per heavy atom. The van der Waals surface area contributed by atoms with Crippen molar-refractivity contribution in [2.24, 2.45) is 0 Å². The summed E-state index contributed by atoms with van der Waals surface area (Å²) in [7, 11) is 0. The molecular weight excluding hydrogens is 328 g/mol. The lowest BCUT2D eigenvalue weighted by Crippen LogP contribution is -2.14. The molecule has 2 N–H and O–H groups in total. The third kappa shape index (κ3) is 3.44. The molecule has 2 unspecified atom stereocenters. The van der Waals surface area contributed by atoms with Gasteiger partial charge < -0.3 is 15.2 Å². The monoisotopic (exact) mass is 348 g/mol. The van der Waals surface area contributed by atoms with Crippen LogP contribution in [0.1, 0.15) is 41.2 Å². The van der Waals surface area contributed by atoms with E-state index in [4.69, 9.17) is 4.52 Å². The molecule has 1 aromatic heterocycles. The number of hydrogen-bond acceptors (Lipinski definition) is 5. The van der Waals surface area contributed by atoms with E-state index in [0.717, 1.165) is 16.8 Å². The van der Waals surface area contributed by atoms with Crippen molar-refractivity contribution < 1.29 is 9.32 Å². The molecule has 1 amide bonds. The van der Waals surface area contributed by atoms with Gasteiger partial charge in [-0.15, -0.1) is 0 Å². The van der Waals surface area contributed by atoms with Crippen LogP contribution in [0.3, 0.4) is 0 Å². The molecule has 2 atom stereocenters. The predicted molar refractivity (Wildman–Crippen MR) is 97.8 cm³/mol. The van der Waals surface area contributed by atoms with E-state index in [1.807, 2.05) is 42.5 Å². The molecule has 26 heavy (non-hydrogen) atoms. The molecule has 4 rings (SSSR count). The summed E-state index contributed by atoms with van der Waals surface area (Å²) in [4.78, 5) is 15.9. The molecule has 1 aliphatic heterocycles. The number of anilines is 1. The molecule has 2 aromatic carbocycles. The molecule has 132 valence electrons. The number of aromatic nitrogens is 2. The lowest BCUT2D eigenvalue weighted by molar-refractivity contribution is -0.119. The minimum Gasteiger partial charge on any atom is -0.370 e. The predicted octanol–water partition coefficient (Wildman–Crippen LogP) is 3.18. The average Bonchev–Trinajstić information content (AvgIpc) is 3.29. The van der Waals surface area contributed by atoms with Crippen molar-refractivity contribution >= 4 is 11.6 Å². The van der Waals surface area contributed by atoms with Gasteiger partial charge in [-0.3, -0.25) is 4.79 Å². The topological polar surface area (TPSA) is 80.0 Å². The van der Waals surface area contributed by atoms with Gasteiger partial charge in [0.2, 0.25) is 5.91 Å². The summed E-state index contributed by atoms with van der Waals surface area (Å²) >= 11 is 0. The van der Waals surface area contributed by atoms with Gasteiger partial charge in [-0.1, -0.05) is 47.6 Å². The zero-order valence-corrected chi connectivity index (χ0v) is 14.5. The second-order valence-electron chi connectivity index (χ2n) is 6.50. The molecule has 0 saturated carbocycles. The van der Waals surface area contributed by atoms with Crippen LogP contribution >= 0.6 is 0 Å². The van der Waals surface area contributed by atoms with Crippen LogP contribution < -0.4 is 10.6 Å². The molecule has 1 aliphatic rings. The van der Waals surface area contributed by atoms with Crippen LogP contribution in [0.25, 0.3) is 0 Å². The molecule has 0 spiro atoms. The normalized spacial score (nSPS) is 17.7. The fourth-order valence-corrected chi connectivity index (χ4v) is 3.25. The van der Waals surface area contributed by atoms with Gasteiger partial charge in [0.05, 0.1) is 0 Å². The lowest BCUT2D eigenvalue weighted by atomic mass is 9.97. The van der Waals surface area contributed by atoms with Crippen molar-refractivity contribution in [2.45, 2.75) is 25.3 Å². The Hall–Kier alpha value is -3.15. The summed E-state index contributed by atoms with van der Waals surface area (Å²) in [6.07, 6.45) is 0.536. The first-order chi connectivity index (χ1) is 12.7. The molecule has 1 saturated heterocycles. The Labute approximate surface area is 151 Å². The van der Waals surface area contributed by atoms with E-state index in [-0.39, 0.29) is 17.9 Å². The third-order valence-electron chi connectivity index (χ3n) is 4.57. The molecule has 0 aliphatic carbocycles. The summed E-state index contributed by atoms with van der Waals surface area (Å²) in [5.74, 6) is 1.45. The highest BCUT2D eigenvalue weighted by Crippen LogP contribution is 2.29. The maximum atomic E-state index is 11.5. The minimum atomic E-state index is -0.240. The van der Waals surface area contributed by atoms with Crippen molar-refractivity contribution in [3.8, 4) is 0 Å². The van der Waals surface area contributed by atoms with Crippen LogP contribution in [0.15, 0.2) is 59.1 Å². The van der Waals surface area contributed by atoms with Crippen molar-refractivity contribution in [1.82, 2.24) is 15.5 Å². The van der Waals surface area contributed by atoms with E-state index >= 15 is 0 Å². The number of hydrogen-bond donors (Lipinski definition) is 2. The fraction of sp³-hybridized carbons (Fsp3) is 0.250. The quantitative estimate of drug-likeness (QED) is 0.740. The van der Waals surface area contributed by atoms with Gasteiger partial charge in [0.25, 0.3) is 5.89 Å². The van der Waals surface area contributed by atoms with Gasteiger partial charge in [-0.05, 0) is 30.2 Å². The first-order valence-electron chi connectivity index (χ1n) is 8.67. The highest BCUT2D eigenvalue weighted by atomic mass is 16.5. The Morgan fingerprint density at radius 2 is 2.04 bits per heavy atom. The van der Waals surface area contributed by atoms with Crippen molar-refractivity contribution in [3.05, 3.63) is 77.4 Å². The van der Waals surface area contributed by atoms with Gasteiger partial charge in [-0.25, -0.2) is 0 Å². The SMILES string of the molecule is Cc1noc(C(Nc2cccc(C3CNC(=O)C3)c2)c2ccccc2)n1. The van der Waals surface area contributed by atoms with Crippen LogP contribution in [0, 0.1) is 6.92 Å². The first-order valence-corrected chi connectivity index (χ1v) is 8.67. The Balaban J connectivity index is 1.63. The van der Waals surface area contributed by atoms with Gasteiger partial charge in [0.1, 0.15) is 6.04 Å². The number of nitrogens with zero attached hydrogens (tertiary/aromatic N) is 2. The Bertz CT molecular complexity index is 907. The van der Waals surface area contributed by atoms with Gasteiger partial charge in [0, 0.05) is 24.6 Å². The van der Waals surface area contributed by atoms with Gasteiger partial charge >= 0.3 is 0 Å². The largest absolute Gasteiger partial charge is 0.370 e. The maximum absolute atomic E-state index is 11.5. The standard InChI is InChI=1S/C20H20N4O2/c1-13-22-20(26-24-13)19(14-6-3-2-4-7-14)23-17-9-5-8-15(10-17)16-11-18(25)21-12-16/h2-10,16,19,23H,11-12H2,1H3,(H,21,25). The van der Waals surface area contributed by atoms with E-state index in [0.29, 0.717) is 24.7 Å². The maximum Gasteiger partial charge on any atom is 0.253 e. The van der Waals surface area contributed by atoms with E-state index in [9.17, 15) is 4.79 Å². The molecule has 1 fully saturated rings. The van der Waals surface area contributed by atoms with Crippen LogP contribution in [-0.2, 0) is 4.79 Å². The van der Waals surface area contributed by atoms with Gasteiger partial charge in [-0.2, -0.15) is 4.98 Å². The number of benzene rings is 2. The minimum absolute atomic E-state index is 0.108. The number of rotatable bonds is 5. The molecular formula is C20H20N4O2. The van der Waals surface area contributed by atoms with Crippen molar-refractivity contribution in [3.63, 3.8) is 0 Å². The van der Waals surface area contributed by atoms with Crippen LogP contribution in [0.4, 0.5) is 5.69 Å². The second kappa shape index (κ2) is 7.00. The second-order valence-corrected chi connectivity index (χ2v) is 6.50. The number of aryl methyl sites for hydroxylation is 1.